The van der Waals surface area contributed by atoms with Gasteiger partial charge in [-0.25, -0.2) is 0 Å². The van der Waals surface area contributed by atoms with Crippen LogP contribution >= 0.6 is 0 Å². The Morgan fingerprint density at radius 3 is 3.00 bits per heavy atom. The van der Waals surface area contributed by atoms with Crippen LogP contribution in [0.5, 0.6) is 0 Å². The van der Waals surface area contributed by atoms with Crippen LogP contribution < -0.4 is 0 Å². The van der Waals surface area contributed by atoms with Crippen molar-refractivity contribution < 1.29 is 14.6 Å². The summed E-state index contributed by atoms with van der Waals surface area (Å²) in [6.45, 7) is 5.21. The highest BCUT2D eigenvalue weighted by Gasteiger charge is 2.27. The van der Waals surface area contributed by atoms with Crippen LogP contribution in [0, 0.1) is 0 Å². The van der Waals surface area contributed by atoms with E-state index in [1.54, 1.807) is 0 Å². The standard InChI is InChI=1S/C11H21NO3/c1-2-15-9-5-8-12-7-4-3-6-10(12)11(13)14/h10H,2-9H2,1H3,(H,13,14). The second kappa shape index (κ2) is 6.80. The van der Waals surface area contributed by atoms with Crippen LogP contribution in [-0.4, -0.2) is 48.3 Å². The van der Waals surface area contributed by atoms with Crippen molar-refractivity contribution in [1.82, 2.24) is 4.90 Å². The number of carboxylic acid groups (broad SMARTS) is 1. The molecule has 0 aromatic heterocycles. The zero-order chi connectivity index (χ0) is 11.1. The first kappa shape index (κ1) is 12.5. The van der Waals surface area contributed by atoms with Gasteiger partial charge in [-0.05, 0) is 32.7 Å². The smallest absolute Gasteiger partial charge is 0.320 e. The van der Waals surface area contributed by atoms with Gasteiger partial charge in [0.25, 0.3) is 0 Å². The molecule has 4 nitrogen and oxygen atoms in total. The third kappa shape index (κ3) is 4.18. The Kier molecular flexibility index (Phi) is 5.65. The highest BCUT2D eigenvalue weighted by Crippen LogP contribution is 2.17. The van der Waals surface area contributed by atoms with E-state index in [2.05, 4.69) is 4.90 Å². The Labute approximate surface area is 91.2 Å². The van der Waals surface area contributed by atoms with E-state index in [-0.39, 0.29) is 6.04 Å². The number of nitrogens with zero attached hydrogens (tertiary/aromatic N) is 1. The van der Waals surface area contributed by atoms with Crippen LogP contribution in [0.1, 0.15) is 32.6 Å². The second-order valence-corrected chi connectivity index (χ2v) is 3.94. The zero-order valence-electron chi connectivity index (χ0n) is 9.45. The van der Waals surface area contributed by atoms with Gasteiger partial charge >= 0.3 is 5.97 Å². The van der Waals surface area contributed by atoms with E-state index in [9.17, 15) is 4.79 Å². The second-order valence-electron chi connectivity index (χ2n) is 3.94. The molecular weight excluding hydrogens is 194 g/mol. The summed E-state index contributed by atoms with van der Waals surface area (Å²) in [4.78, 5) is 13.1. The quantitative estimate of drug-likeness (QED) is 0.679. The van der Waals surface area contributed by atoms with Crippen molar-refractivity contribution >= 4 is 5.97 Å². The van der Waals surface area contributed by atoms with Crippen molar-refractivity contribution in [2.24, 2.45) is 0 Å². The molecule has 0 amide bonds. The summed E-state index contributed by atoms with van der Waals surface area (Å²) in [7, 11) is 0. The van der Waals surface area contributed by atoms with Gasteiger partial charge in [0.2, 0.25) is 0 Å². The first-order valence-corrected chi connectivity index (χ1v) is 5.80. The monoisotopic (exact) mass is 215 g/mol. The fourth-order valence-corrected chi connectivity index (χ4v) is 2.05. The van der Waals surface area contributed by atoms with Crippen LogP contribution in [0.15, 0.2) is 0 Å². The summed E-state index contributed by atoms with van der Waals surface area (Å²) in [5.74, 6) is -0.675. The number of ether oxygens (including phenoxy) is 1. The molecule has 0 radical (unpaired) electrons. The van der Waals surface area contributed by atoms with Gasteiger partial charge in [0, 0.05) is 19.8 Å². The van der Waals surface area contributed by atoms with Crippen molar-refractivity contribution in [1.29, 1.82) is 0 Å². The average molecular weight is 215 g/mol. The molecule has 1 heterocycles. The summed E-state index contributed by atoms with van der Waals surface area (Å²) in [5.41, 5.74) is 0. The van der Waals surface area contributed by atoms with Crippen molar-refractivity contribution in [2.75, 3.05) is 26.3 Å². The van der Waals surface area contributed by atoms with Crippen LogP contribution in [-0.2, 0) is 9.53 Å². The Balaban J connectivity index is 2.26. The Morgan fingerprint density at radius 1 is 1.53 bits per heavy atom. The van der Waals surface area contributed by atoms with E-state index >= 15 is 0 Å². The number of rotatable bonds is 6. The molecule has 0 aromatic carbocycles. The number of hydrogen-bond acceptors (Lipinski definition) is 3. The molecule has 1 unspecified atom stereocenters. The number of likely N-dealkylation sites (tertiary alicyclic amines) is 1. The number of aliphatic carboxylic acids is 1. The number of carbonyl (C=O) groups is 1. The van der Waals surface area contributed by atoms with Crippen LogP contribution in [0.2, 0.25) is 0 Å². The highest BCUT2D eigenvalue weighted by atomic mass is 16.5. The fraction of sp³-hybridized carbons (Fsp3) is 0.909. The van der Waals surface area contributed by atoms with E-state index in [4.69, 9.17) is 9.84 Å². The van der Waals surface area contributed by atoms with E-state index in [0.717, 1.165) is 52.0 Å². The highest BCUT2D eigenvalue weighted by molar-refractivity contribution is 5.73. The zero-order valence-corrected chi connectivity index (χ0v) is 9.45. The maximum absolute atomic E-state index is 11.0. The molecule has 1 rings (SSSR count). The molecule has 0 saturated carbocycles. The summed E-state index contributed by atoms with van der Waals surface area (Å²) in [6.07, 6.45) is 3.89. The number of hydrogen-bond donors (Lipinski definition) is 1. The van der Waals surface area contributed by atoms with Crippen molar-refractivity contribution in [3.8, 4) is 0 Å². The minimum atomic E-state index is -0.675. The maximum Gasteiger partial charge on any atom is 0.320 e. The van der Waals surface area contributed by atoms with Gasteiger partial charge in [0.1, 0.15) is 6.04 Å². The predicted molar refractivity (Wildman–Crippen MR) is 58.0 cm³/mol. The Morgan fingerprint density at radius 2 is 2.33 bits per heavy atom. The molecule has 0 bridgehead atoms. The molecule has 1 N–H and O–H groups in total. The molecule has 1 atom stereocenters. The molecule has 1 fully saturated rings. The van der Waals surface area contributed by atoms with E-state index < -0.39 is 5.97 Å². The first-order chi connectivity index (χ1) is 7.25. The predicted octanol–water partition coefficient (Wildman–Crippen LogP) is 1.35. The summed E-state index contributed by atoms with van der Waals surface area (Å²) >= 11 is 0. The number of piperidine rings is 1. The summed E-state index contributed by atoms with van der Waals surface area (Å²) in [6, 6.07) is -0.264. The molecule has 1 aliphatic rings. The maximum atomic E-state index is 11.0. The molecule has 4 heteroatoms. The molecular formula is C11H21NO3. The van der Waals surface area contributed by atoms with Crippen LogP contribution in [0.4, 0.5) is 0 Å². The van der Waals surface area contributed by atoms with Gasteiger partial charge in [0.15, 0.2) is 0 Å². The van der Waals surface area contributed by atoms with Gasteiger partial charge in [0.05, 0.1) is 0 Å². The molecule has 0 aromatic rings. The van der Waals surface area contributed by atoms with Gasteiger partial charge < -0.3 is 9.84 Å². The van der Waals surface area contributed by atoms with Crippen LogP contribution in [0.3, 0.4) is 0 Å². The lowest BCUT2D eigenvalue weighted by atomic mass is 10.0. The first-order valence-electron chi connectivity index (χ1n) is 5.80. The molecule has 0 aliphatic carbocycles. The van der Waals surface area contributed by atoms with Crippen molar-refractivity contribution in [3.63, 3.8) is 0 Å². The van der Waals surface area contributed by atoms with Crippen molar-refractivity contribution in [3.05, 3.63) is 0 Å². The lowest BCUT2D eigenvalue weighted by Crippen LogP contribution is -2.45. The lowest BCUT2D eigenvalue weighted by molar-refractivity contribution is -0.144. The molecule has 15 heavy (non-hydrogen) atoms. The van der Waals surface area contributed by atoms with Crippen LogP contribution in [0.25, 0.3) is 0 Å². The third-order valence-electron chi connectivity index (χ3n) is 2.84. The van der Waals surface area contributed by atoms with E-state index in [0.29, 0.717) is 0 Å². The third-order valence-corrected chi connectivity index (χ3v) is 2.84. The van der Waals surface area contributed by atoms with E-state index in [1.165, 1.54) is 0 Å². The normalized spacial score (nSPS) is 22.9. The Bertz CT molecular complexity index is 196. The van der Waals surface area contributed by atoms with Gasteiger partial charge in [-0.1, -0.05) is 6.42 Å². The number of carboxylic acids is 1. The minimum Gasteiger partial charge on any atom is -0.480 e. The van der Waals surface area contributed by atoms with Gasteiger partial charge in [-0.15, -0.1) is 0 Å². The summed E-state index contributed by atoms with van der Waals surface area (Å²) < 4.78 is 5.25. The lowest BCUT2D eigenvalue weighted by Gasteiger charge is -2.32. The van der Waals surface area contributed by atoms with Gasteiger partial charge in [-0.2, -0.15) is 0 Å². The Hall–Kier alpha value is -0.610. The molecule has 88 valence electrons. The molecule has 1 aliphatic heterocycles. The van der Waals surface area contributed by atoms with E-state index in [1.807, 2.05) is 6.92 Å². The largest absolute Gasteiger partial charge is 0.480 e. The molecule has 0 spiro atoms. The average Bonchev–Trinajstić information content (AvgIpc) is 2.25. The van der Waals surface area contributed by atoms with Gasteiger partial charge in [-0.3, -0.25) is 9.69 Å². The molecule has 1 saturated heterocycles. The summed E-state index contributed by atoms with van der Waals surface area (Å²) in [5, 5.41) is 9.04. The minimum absolute atomic E-state index is 0.264. The van der Waals surface area contributed by atoms with Crippen molar-refractivity contribution in [2.45, 2.75) is 38.6 Å². The SMILES string of the molecule is CCOCCCN1CCCCC1C(=O)O. The fourth-order valence-electron chi connectivity index (χ4n) is 2.05. The topological polar surface area (TPSA) is 49.8 Å².